The molecule has 0 aliphatic carbocycles. The Kier molecular flexibility index (Phi) is 6.18. The number of carbonyl (C=O) groups excluding carboxylic acids is 2. The Balaban J connectivity index is 1.23. The summed E-state index contributed by atoms with van der Waals surface area (Å²) >= 11 is 0. The fourth-order valence-electron chi connectivity index (χ4n) is 3.82. The smallest absolute Gasteiger partial charge is 0.279 e. The van der Waals surface area contributed by atoms with Crippen LogP contribution < -0.4 is 19.7 Å². The molecule has 0 unspecified atom stereocenters. The summed E-state index contributed by atoms with van der Waals surface area (Å²) in [7, 11) is 0. The van der Waals surface area contributed by atoms with Gasteiger partial charge in [-0.1, -0.05) is 31.2 Å². The molecule has 2 aromatic rings. The monoisotopic (exact) mass is 410 g/mol. The van der Waals surface area contributed by atoms with E-state index in [2.05, 4.69) is 12.2 Å². The maximum atomic E-state index is 12.8. The van der Waals surface area contributed by atoms with Crippen molar-refractivity contribution in [2.45, 2.75) is 19.4 Å². The third kappa shape index (κ3) is 4.74. The number of aryl methyl sites for hydroxylation is 1. The van der Waals surface area contributed by atoms with Crippen LogP contribution in [-0.2, 0) is 16.0 Å². The summed E-state index contributed by atoms with van der Waals surface area (Å²) in [6.07, 6.45) is 0.363. The topological polar surface area (TPSA) is 72.3 Å². The number of ether oxygens (including phenoxy) is 2. The zero-order valence-corrected chi connectivity index (χ0v) is 17.2. The highest BCUT2D eigenvalue weighted by molar-refractivity contribution is 5.91. The highest BCUT2D eigenvalue weighted by Crippen LogP contribution is 2.31. The fraction of sp³-hybridized carbons (Fsp3) is 0.391. The maximum Gasteiger partial charge on any atom is 0.279 e. The van der Waals surface area contributed by atoms with Crippen molar-refractivity contribution in [1.82, 2.24) is 4.90 Å². The van der Waals surface area contributed by atoms with Crippen LogP contribution >= 0.6 is 0 Å². The van der Waals surface area contributed by atoms with E-state index in [1.807, 2.05) is 53.4 Å². The molecule has 1 fully saturated rings. The molecule has 158 valence electrons. The van der Waals surface area contributed by atoms with Crippen LogP contribution in [0.15, 0.2) is 48.5 Å². The second-order valence-corrected chi connectivity index (χ2v) is 7.71. The summed E-state index contributed by atoms with van der Waals surface area (Å²) < 4.78 is 11.5. The molecule has 2 aromatic carbocycles. The van der Waals surface area contributed by atoms with Crippen LogP contribution in [0.2, 0.25) is 0 Å². The highest BCUT2D eigenvalue weighted by Gasteiger charge is 2.34. The van der Waals surface area contributed by atoms with E-state index in [4.69, 9.17) is 9.47 Å². The van der Waals surface area contributed by atoms with Gasteiger partial charge in [-0.05, 0) is 36.2 Å². The van der Waals surface area contributed by atoms with Gasteiger partial charge in [0.25, 0.3) is 11.8 Å². The Labute approximate surface area is 176 Å². The first kappa shape index (κ1) is 20.2. The van der Waals surface area contributed by atoms with Crippen LogP contribution in [0.5, 0.6) is 11.5 Å². The molecule has 2 heterocycles. The zero-order chi connectivity index (χ0) is 20.9. The second-order valence-electron chi connectivity index (χ2n) is 7.71. The highest BCUT2D eigenvalue weighted by atomic mass is 16.6. The van der Waals surface area contributed by atoms with E-state index >= 15 is 0 Å². The predicted molar refractivity (Wildman–Crippen MR) is 113 cm³/mol. The largest absolute Gasteiger partial charge is 0.485 e. The quantitative estimate of drug-likeness (QED) is 0.763. The van der Waals surface area contributed by atoms with E-state index in [0.717, 1.165) is 25.2 Å². The fourth-order valence-corrected chi connectivity index (χ4v) is 3.82. The average Bonchev–Trinajstić information content (AvgIpc) is 2.79. The average molecular weight is 410 g/mol. The van der Waals surface area contributed by atoms with Gasteiger partial charge in [-0.15, -0.1) is 0 Å². The molecule has 30 heavy (non-hydrogen) atoms. The SMILES string of the molecule is CCc1ccc(NC(=O)C[NH+]2CCN(C(=O)[C@H]3COc4ccccc4O3)CC2)cc1. The van der Waals surface area contributed by atoms with Gasteiger partial charge in [-0.2, -0.15) is 0 Å². The van der Waals surface area contributed by atoms with Crippen LogP contribution in [0.4, 0.5) is 5.69 Å². The number of quaternary nitrogens is 1. The van der Waals surface area contributed by atoms with E-state index in [9.17, 15) is 9.59 Å². The summed E-state index contributed by atoms with van der Waals surface area (Å²) in [5.41, 5.74) is 2.07. The van der Waals surface area contributed by atoms with Crippen molar-refractivity contribution in [2.75, 3.05) is 44.6 Å². The molecule has 0 radical (unpaired) electrons. The van der Waals surface area contributed by atoms with Crippen LogP contribution in [0.25, 0.3) is 0 Å². The van der Waals surface area contributed by atoms with Gasteiger partial charge in [-0.25, -0.2) is 0 Å². The number of nitrogens with zero attached hydrogens (tertiary/aromatic N) is 1. The Morgan fingerprint density at radius 1 is 1.07 bits per heavy atom. The number of fused-ring (bicyclic) bond motifs is 1. The molecule has 2 N–H and O–H groups in total. The molecule has 0 bridgehead atoms. The molecule has 4 rings (SSSR count). The molecular formula is C23H28N3O4+. The number of anilines is 1. The molecule has 7 nitrogen and oxygen atoms in total. The first-order valence-corrected chi connectivity index (χ1v) is 10.5. The lowest BCUT2D eigenvalue weighted by molar-refractivity contribution is -0.895. The number of hydrogen-bond acceptors (Lipinski definition) is 4. The Hall–Kier alpha value is -3.06. The number of amides is 2. The van der Waals surface area contributed by atoms with E-state index in [-0.39, 0.29) is 18.4 Å². The van der Waals surface area contributed by atoms with Crippen LogP contribution in [0.3, 0.4) is 0 Å². The van der Waals surface area contributed by atoms with Crippen molar-refractivity contribution in [2.24, 2.45) is 0 Å². The summed E-state index contributed by atoms with van der Waals surface area (Å²) in [6, 6.07) is 15.3. The van der Waals surface area contributed by atoms with E-state index in [1.165, 1.54) is 10.5 Å². The third-order valence-corrected chi connectivity index (χ3v) is 5.62. The van der Waals surface area contributed by atoms with Crippen LogP contribution in [0, 0.1) is 0 Å². The van der Waals surface area contributed by atoms with Crippen molar-refractivity contribution in [1.29, 1.82) is 0 Å². The van der Waals surface area contributed by atoms with E-state index in [0.29, 0.717) is 31.1 Å². The minimum atomic E-state index is -0.615. The minimum Gasteiger partial charge on any atom is -0.485 e. The number of piperazine rings is 1. The Bertz CT molecular complexity index is 892. The lowest BCUT2D eigenvalue weighted by Crippen LogP contribution is -3.15. The standard InChI is InChI=1S/C23H27N3O4/c1-2-17-7-9-18(10-8-17)24-22(27)15-25-11-13-26(14-12-25)23(28)21-16-29-19-5-3-4-6-20(19)30-21/h3-10,21H,2,11-16H2,1H3,(H,24,27)/p+1/t21-/m1/s1. The minimum absolute atomic E-state index is 0.00496. The predicted octanol–water partition coefficient (Wildman–Crippen LogP) is 0.755. The van der Waals surface area contributed by atoms with Gasteiger partial charge in [0, 0.05) is 5.69 Å². The first-order valence-electron chi connectivity index (χ1n) is 10.5. The van der Waals surface area contributed by atoms with Gasteiger partial charge in [0.05, 0.1) is 26.2 Å². The van der Waals surface area contributed by atoms with Crippen molar-refractivity contribution >= 4 is 17.5 Å². The summed E-state index contributed by atoms with van der Waals surface area (Å²) in [5, 5.41) is 2.96. The molecule has 7 heteroatoms. The molecule has 0 saturated carbocycles. The van der Waals surface area contributed by atoms with Crippen LogP contribution in [0.1, 0.15) is 12.5 Å². The van der Waals surface area contributed by atoms with E-state index < -0.39 is 6.10 Å². The molecule has 1 saturated heterocycles. The number of hydrogen-bond donors (Lipinski definition) is 2. The second kappa shape index (κ2) is 9.17. The molecule has 2 aliphatic rings. The molecule has 0 spiro atoms. The molecule has 2 amide bonds. The lowest BCUT2D eigenvalue weighted by atomic mass is 10.1. The third-order valence-electron chi connectivity index (χ3n) is 5.62. The number of para-hydroxylation sites is 2. The van der Waals surface area contributed by atoms with Crippen LogP contribution in [-0.4, -0.2) is 62.1 Å². The van der Waals surface area contributed by atoms with Gasteiger partial charge in [0.2, 0.25) is 6.10 Å². The lowest BCUT2D eigenvalue weighted by Gasteiger charge is -2.35. The van der Waals surface area contributed by atoms with Crippen molar-refractivity contribution in [3.8, 4) is 11.5 Å². The van der Waals surface area contributed by atoms with Crippen molar-refractivity contribution < 1.29 is 24.0 Å². The van der Waals surface area contributed by atoms with E-state index in [1.54, 1.807) is 0 Å². The summed E-state index contributed by atoms with van der Waals surface area (Å²) in [6.45, 7) is 5.41. The van der Waals surface area contributed by atoms with Gasteiger partial charge >= 0.3 is 0 Å². The first-order chi connectivity index (χ1) is 14.6. The van der Waals surface area contributed by atoms with Gasteiger partial charge in [0.1, 0.15) is 6.61 Å². The normalized spacial score (nSPS) is 18.7. The maximum absolute atomic E-state index is 12.8. The van der Waals surface area contributed by atoms with Crippen molar-refractivity contribution in [3.05, 3.63) is 54.1 Å². The Morgan fingerprint density at radius 2 is 1.77 bits per heavy atom. The van der Waals surface area contributed by atoms with Gasteiger partial charge < -0.3 is 24.6 Å². The number of benzene rings is 2. The Morgan fingerprint density at radius 3 is 2.47 bits per heavy atom. The molecule has 1 atom stereocenters. The molecule has 2 aliphatic heterocycles. The molecule has 0 aromatic heterocycles. The number of nitrogens with one attached hydrogen (secondary N) is 2. The summed E-state index contributed by atoms with van der Waals surface area (Å²) in [4.78, 5) is 28.2. The number of rotatable bonds is 5. The van der Waals surface area contributed by atoms with Crippen molar-refractivity contribution in [3.63, 3.8) is 0 Å². The van der Waals surface area contributed by atoms with Gasteiger partial charge in [-0.3, -0.25) is 9.59 Å². The zero-order valence-electron chi connectivity index (χ0n) is 17.2. The summed E-state index contributed by atoms with van der Waals surface area (Å²) in [5.74, 6) is 1.22. The molecular weight excluding hydrogens is 382 g/mol. The number of carbonyl (C=O) groups is 2. The van der Waals surface area contributed by atoms with Gasteiger partial charge in [0.15, 0.2) is 18.0 Å².